The van der Waals surface area contributed by atoms with Gasteiger partial charge in [-0.1, -0.05) is 41.9 Å². The van der Waals surface area contributed by atoms with Crippen LogP contribution in [-0.2, 0) is 9.53 Å². The minimum absolute atomic E-state index is 0. The van der Waals surface area contributed by atoms with Gasteiger partial charge in [0, 0.05) is 22.7 Å². The molecule has 2 aliphatic rings. The summed E-state index contributed by atoms with van der Waals surface area (Å²) >= 11 is 6.27. The number of anilines is 1. The zero-order valence-electron chi connectivity index (χ0n) is 16.2. The standard InChI is InChI=1S/C22H24ClN3O2.ClH/c23-18-8-9-20-19(14-18)22(17-6-2-1-3-7-17)24-15-21(27)26(20)16-28-13-12-25-10-4-5-11-25;/h1-3,6-9,14H,4-5,10-13,15-16H2;1H. The Balaban J connectivity index is 0.00000240. The van der Waals surface area contributed by atoms with Gasteiger partial charge in [-0.3, -0.25) is 14.7 Å². The average molecular weight is 434 g/mol. The maximum atomic E-state index is 12.8. The number of likely N-dealkylation sites (tertiary alicyclic amines) is 1. The summed E-state index contributed by atoms with van der Waals surface area (Å²) in [5.74, 6) is -0.0734. The van der Waals surface area contributed by atoms with Gasteiger partial charge in [0.2, 0.25) is 0 Å². The van der Waals surface area contributed by atoms with Crippen molar-refractivity contribution in [2.45, 2.75) is 12.8 Å². The van der Waals surface area contributed by atoms with Crippen molar-refractivity contribution in [3.05, 3.63) is 64.7 Å². The van der Waals surface area contributed by atoms with Crippen LogP contribution in [0.1, 0.15) is 24.0 Å². The highest BCUT2D eigenvalue weighted by molar-refractivity contribution is 6.32. The first-order chi connectivity index (χ1) is 13.7. The Labute approximate surface area is 182 Å². The highest BCUT2D eigenvalue weighted by Gasteiger charge is 2.25. The molecule has 29 heavy (non-hydrogen) atoms. The van der Waals surface area contributed by atoms with E-state index in [9.17, 15) is 4.79 Å². The van der Waals surface area contributed by atoms with Crippen molar-refractivity contribution in [3.8, 4) is 0 Å². The number of aliphatic imine (C=N–C) groups is 1. The second kappa shape index (κ2) is 10.2. The van der Waals surface area contributed by atoms with Gasteiger partial charge < -0.3 is 9.64 Å². The van der Waals surface area contributed by atoms with E-state index in [0.717, 1.165) is 42.2 Å². The lowest BCUT2D eigenvalue weighted by molar-refractivity contribution is -0.118. The summed E-state index contributed by atoms with van der Waals surface area (Å²) in [6.07, 6.45) is 2.52. The van der Waals surface area contributed by atoms with Gasteiger partial charge in [0.1, 0.15) is 13.3 Å². The Kier molecular flexibility index (Phi) is 7.67. The first-order valence-corrected chi connectivity index (χ1v) is 10.1. The molecule has 1 saturated heterocycles. The lowest BCUT2D eigenvalue weighted by atomic mass is 10.0. The van der Waals surface area contributed by atoms with E-state index >= 15 is 0 Å². The molecule has 2 aromatic rings. The molecular formula is C22H25Cl2N3O2. The van der Waals surface area contributed by atoms with Gasteiger partial charge in [-0.15, -0.1) is 12.4 Å². The van der Waals surface area contributed by atoms with Crippen LogP contribution in [0.5, 0.6) is 0 Å². The largest absolute Gasteiger partial charge is 0.359 e. The molecule has 4 rings (SSSR count). The number of halogens is 2. The zero-order valence-corrected chi connectivity index (χ0v) is 17.8. The van der Waals surface area contributed by atoms with E-state index in [1.165, 1.54) is 12.8 Å². The summed E-state index contributed by atoms with van der Waals surface area (Å²) in [6.45, 7) is 4.11. The smallest absolute Gasteiger partial charge is 0.250 e. The molecule has 2 aromatic carbocycles. The van der Waals surface area contributed by atoms with Crippen LogP contribution in [-0.4, -0.2) is 56.0 Å². The van der Waals surface area contributed by atoms with Crippen LogP contribution >= 0.6 is 24.0 Å². The molecule has 0 radical (unpaired) electrons. The minimum atomic E-state index is -0.0734. The number of ether oxygens (including phenoxy) is 1. The van der Waals surface area contributed by atoms with E-state index in [0.29, 0.717) is 11.6 Å². The van der Waals surface area contributed by atoms with Gasteiger partial charge in [0.25, 0.3) is 5.91 Å². The number of nitrogens with zero attached hydrogens (tertiary/aromatic N) is 3. The fourth-order valence-electron chi connectivity index (χ4n) is 3.72. The summed E-state index contributed by atoms with van der Waals surface area (Å²) < 4.78 is 5.87. The lowest BCUT2D eigenvalue weighted by Crippen LogP contribution is -2.36. The van der Waals surface area contributed by atoms with E-state index in [2.05, 4.69) is 9.89 Å². The van der Waals surface area contributed by atoms with E-state index in [1.54, 1.807) is 11.0 Å². The van der Waals surface area contributed by atoms with Crippen LogP contribution in [0, 0.1) is 0 Å². The normalized spacial score (nSPS) is 16.8. The van der Waals surface area contributed by atoms with Crippen molar-refractivity contribution < 1.29 is 9.53 Å². The van der Waals surface area contributed by atoms with Gasteiger partial charge in [0.05, 0.1) is 18.0 Å². The van der Waals surface area contributed by atoms with Crippen LogP contribution in [0.4, 0.5) is 5.69 Å². The Bertz CT molecular complexity index is 868. The molecule has 2 heterocycles. The molecule has 1 fully saturated rings. The van der Waals surface area contributed by atoms with Gasteiger partial charge in [-0.05, 0) is 44.1 Å². The maximum Gasteiger partial charge on any atom is 0.250 e. The molecule has 0 spiro atoms. The average Bonchev–Trinajstić information content (AvgIpc) is 3.19. The monoisotopic (exact) mass is 433 g/mol. The van der Waals surface area contributed by atoms with Crippen molar-refractivity contribution >= 4 is 41.3 Å². The number of benzodiazepines with no additional fused rings is 1. The molecule has 0 unspecified atom stereocenters. The number of amides is 1. The van der Waals surface area contributed by atoms with Crippen LogP contribution in [0.25, 0.3) is 0 Å². The highest BCUT2D eigenvalue weighted by Crippen LogP contribution is 2.29. The Morgan fingerprint density at radius 1 is 1.07 bits per heavy atom. The van der Waals surface area contributed by atoms with Crippen LogP contribution in [0.15, 0.2) is 53.5 Å². The van der Waals surface area contributed by atoms with Gasteiger partial charge in [-0.25, -0.2) is 0 Å². The Morgan fingerprint density at radius 3 is 2.59 bits per heavy atom. The molecule has 0 aliphatic carbocycles. The highest BCUT2D eigenvalue weighted by atomic mass is 35.5. The topological polar surface area (TPSA) is 45.1 Å². The molecule has 0 saturated carbocycles. The van der Waals surface area contributed by atoms with Gasteiger partial charge >= 0.3 is 0 Å². The number of benzene rings is 2. The van der Waals surface area contributed by atoms with Crippen LogP contribution < -0.4 is 4.90 Å². The molecule has 7 heteroatoms. The molecule has 154 valence electrons. The molecular weight excluding hydrogens is 409 g/mol. The fraction of sp³-hybridized carbons (Fsp3) is 0.364. The first-order valence-electron chi connectivity index (χ1n) is 9.72. The summed E-state index contributed by atoms with van der Waals surface area (Å²) in [6, 6.07) is 15.4. The van der Waals surface area contributed by atoms with E-state index in [-0.39, 0.29) is 31.6 Å². The van der Waals surface area contributed by atoms with Crippen molar-refractivity contribution in [1.29, 1.82) is 0 Å². The van der Waals surface area contributed by atoms with E-state index < -0.39 is 0 Å². The summed E-state index contributed by atoms with van der Waals surface area (Å²) in [4.78, 5) is 21.5. The van der Waals surface area contributed by atoms with Gasteiger partial charge in [0.15, 0.2) is 0 Å². The minimum Gasteiger partial charge on any atom is -0.359 e. The molecule has 2 aliphatic heterocycles. The van der Waals surface area contributed by atoms with Crippen molar-refractivity contribution in [3.63, 3.8) is 0 Å². The fourth-order valence-corrected chi connectivity index (χ4v) is 3.90. The van der Waals surface area contributed by atoms with Crippen molar-refractivity contribution in [2.75, 3.05) is 44.4 Å². The van der Waals surface area contributed by atoms with Gasteiger partial charge in [-0.2, -0.15) is 0 Å². The third-order valence-electron chi connectivity index (χ3n) is 5.20. The number of fused-ring (bicyclic) bond motifs is 1. The maximum absolute atomic E-state index is 12.8. The first kappa shape index (κ1) is 21.8. The Hall–Kier alpha value is -1.92. The zero-order chi connectivity index (χ0) is 19.3. The predicted octanol–water partition coefficient (Wildman–Crippen LogP) is 4.02. The number of carbonyl (C=O) groups is 1. The molecule has 0 bridgehead atoms. The number of hydrogen-bond donors (Lipinski definition) is 0. The third-order valence-corrected chi connectivity index (χ3v) is 5.43. The lowest BCUT2D eigenvalue weighted by Gasteiger charge is -2.24. The molecule has 5 nitrogen and oxygen atoms in total. The molecule has 1 amide bonds. The van der Waals surface area contributed by atoms with Crippen molar-refractivity contribution in [2.24, 2.45) is 4.99 Å². The second-order valence-corrected chi connectivity index (χ2v) is 7.54. The molecule has 0 aromatic heterocycles. The van der Waals surface area contributed by atoms with E-state index in [1.807, 2.05) is 42.5 Å². The van der Waals surface area contributed by atoms with E-state index in [4.69, 9.17) is 16.3 Å². The second-order valence-electron chi connectivity index (χ2n) is 7.10. The summed E-state index contributed by atoms with van der Waals surface area (Å²) in [7, 11) is 0. The summed E-state index contributed by atoms with van der Waals surface area (Å²) in [5.41, 5.74) is 3.39. The number of carbonyl (C=O) groups excluding carboxylic acids is 1. The quantitative estimate of drug-likeness (QED) is 0.646. The number of hydrogen-bond acceptors (Lipinski definition) is 4. The molecule has 0 atom stereocenters. The SMILES string of the molecule is Cl.O=C1CN=C(c2ccccc2)c2cc(Cl)ccc2N1COCCN1CCCC1. The van der Waals surface area contributed by atoms with Crippen LogP contribution in [0.2, 0.25) is 5.02 Å². The third kappa shape index (κ3) is 5.17. The number of rotatable bonds is 6. The molecule has 0 N–H and O–H groups in total. The summed E-state index contributed by atoms with van der Waals surface area (Å²) in [5, 5.41) is 0.617. The predicted molar refractivity (Wildman–Crippen MR) is 120 cm³/mol. The van der Waals surface area contributed by atoms with Crippen molar-refractivity contribution in [1.82, 2.24) is 4.90 Å². The van der Waals surface area contributed by atoms with Crippen LogP contribution in [0.3, 0.4) is 0 Å². The Morgan fingerprint density at radius 2 is 1.83 bits per heavy atom.